The highest BCUT2D eigenvalue weighted by Gasteiger charge is 2.20. The van der Waals surface area contributed by atoms with E-state index in [1.165, 1.54) is 19.3 Å². The summed E-state index contributed by atoms with van der Waals surface area (Å²) in [6.45, 7) is 7.22. The first-order chi connectivity index (χ1) is 8.77. The van der Waals surface area contributed by atoms with Gasteiger partial charge in [0.05, 0.1) is 0 Å². The molecule has 0 saturated heterocycles. The molecule has 0 spiro atoms. The normalized spacial score (nSPS) is 19.2. The van der Waals surface area contributed by atoms with Crippen LogP contribution in [0.5, 0.6) is 0 Å². The zero-order valence-corrected chi connectivity index (χ0v) is 12.4. The van der Waals surface area contributed by atoms with Gasteiger partial charge in [-0.25, -0.2) is 0 Å². The van der Waals surface area contributed by atoms with Gasteiger partial charge in [-0.1, -0.05) is 13.8 Å². The molecule has 0 radical (unpaired) electrons. The van der Waals surface area contributed by atoms with E-state index in [2.05, 4.69) is 30.6 Å². The van der Waals surface area contributed by atoms with E-state index in [4.69, 9.17) is 4.74 Å². The van der Waals surface area contributed by atoms with Crippen molar-refractivity contribution in [1.82, 2.24) is 5.32 Å². The van der Waals surface area contributed by atoms with Crippen LogP contribution in [0, 0.1) is 5.92 Å². The summed E-state index contributed by atoms with van der Waals surface area (Å²) >= 11 is 1.91. The first-order valence-corrected chi connectivity index (χ1v) is 8.02. The standard InChI is InChI=1S/C15H25NOS/c1-12(2)11-17-9-4-8-16-14-5-3-6-15-13(14)7-10-18-15/h7,10,12,14,16H,3-6,8-9,11H2,1-2H3. The van der Waals surface area contributed by atoms with Crippen molar-refractivity contribution in [2.24, 2.45) is 5.92 Å². The molecule has 1 aromatic rings. The van der Waals surface area contributed by atoms with Gasteiger partial charge in [-0.05, 0) is 55.2 Å². The monoisotopic (exact) mass is 267 g/mol. The fourth-order valence-corrected chi connectivity index (χ4v) is 3.46. The van der Waals surface area contributed by atoms with Crippen LogP contribution in [0.3, 0.4) is 0 Å². The minimum absolute atomic E-state index is 0.588. The smallest absolute Gasteiger partial charge is 0.0489 e. The van der Waals surface area contributed by atoms with Crippen molar-refractivity contribution in [3.05, 3.63) is 21.9 Å². The molecule has 0 saturated carbocycles. The van der Waals surface area contributed by atoms with Gasteiger partial charge >= 0.3 is 0 Å². The molecule has 2 rings (SSSR count). The van der Waals surface area contributed by atoms with Crippen LogP contribution in [0.1, 0.15) is 49.6 Å². The van der Waals surface area contributed by atoms with Gasteiger partial charge in [-0.2, -0.15) is 0 Å². The Labute approximate surface area is 115 Å². The molecule has 1 heterocycles. The minimum atomic E-state index is 0.588. The summed E-state index contributed by atoms with van der Waals surface area (Å²) in [6.07, 6.45) is 5.01. The molecule has 3 heteroatoms. The van der Waals surface area contributed by atoms with Crippen LogP contribution in [0.15, 0.2) is 11.4 Å². The van der Waals surface area contributed by atoms with Crippen molar-refractivity contribution >= 4 is 11.3 Å². The van der Waals surface area contributed by atoms with E-state index in [-0.39, 0.29) is 0 Å². The van der Waals surface area contributed by atoms with Gasteiger partial charge in [0.15, 0.2) is 0 Å². The lowest BCUT2D eigenvalue weighted by Gasteiger charge is -2.23. The third-order valence-corrected chi connectivity index (χ3v) is 4.36. The van der Waals surface area contributed by atoms with Gasteiger partial charge in [0.25, 0.3) is 0 Å². The number of fused-ring (bicyclic) bond motifs is 1. The Bertz CT molecular complexity index is 348. The molecule has 0 aromatic carbocycles. The molecule has 1 atom stereocenters. The fourth-order valence-electron chi connectivity index (χ4n) is 2.47. The van der Waals surface area contributed by atoms with E-state index in [0.29, 0.717) is 12.0 Å². The zero-order chi connectivity index (χ0) is 12.8. The highest BCUT2D eigenvalue weighted by Crippen LogP contribution is 2.33. The van der Waals surface area contributed by atoms with Crippen LogP contribution < -0.4 is 5.32 Å². The first-order valence-electron chi connectivity index (χ1n) is 7.14. The number of aryl methyl sites for hydroxylation is 1. The molecule has 1 aliphatic carbocycles. The van der Waals surface area contributed by atoms with E-state index in [1.807, 2.05) is 11.3 Å². The molecule has 18 heavy (non-hydrogen) atoms. The minimum Gasteiger partial charge on any atom is -0.381 e. The Kier molecular flexibility index (Phi) is 5.67. The number of hydrogen-bond acceptors (Lipinski definition) is 3. The maximum atomic E-state index is 5.60. The molecule has 1 aromatic heterocycles. The number of nitrogens with one attached hydrogen (secondary N) is 1. The molecule has 0 fully saturated rings. The van der Waals surface area contributed by atoms with E-state index in [1.54, 1.807) is 10.4 Å². The van der Waals surface area contributed by atoms with Crippen molar-refractivity contribution < 1.29 is 4.74 Å². The Balaban J connectivity index is 1.63. The topological polar surface area (TPSA) is 21.3 Å². The average Bonchev–Trinajstić information content (AvgIpc) is 2.82. The fraction of sp³-hybridized carbons (Fsp3) is 0.733. The quantitative estimate of drug-likeness (QED) is 0.759. The maximum absolute atomic E-state index is 5.60. The van der Waals surface area contributed by atoms with Crippen molar-refractivity contribution in [2.75, 3.05) is 19.8 Å². The second kappa shape index (κ2) is 7.27. The van der Waals surface area contributed by atoms with Crippen molar-refractivity contribution in [3.63, 3.8) is 0 Å². The lowest BCUT2D eigenvalue weighted by molar-refractivity contribution is 0.107. The maximum Gasteiger partial charge on any atom is 0.0489 e. The highest BCUT2D eigenvalue weighted by molar-refractivity contribution is 7.10. The van der Waals surface area contributed by atoms with Gasteiger partial charge in [0.1, 0.15) is 0 Å². The second-order valence-electron chi connectivity index (χ2n) is 5.52. The molecule has 0 amide bonds. The average molecular weight is 267 g/mol. The second-order valence-corrected chi connectivity index (χ2v) is 6.52. The summed E-state index contributed by atoms with van der Waals surface area (Å²) in [4.78, 5) is 1.59. The van der Waals surface area contributed by atoms with E-state index < -0.39 is 0 Å². The van der Waals surface area contributed by atoms with Gasteiger partial charge in [-0.3, -0.25) is 0 Å². The Morgan fingerprint density at radius 1 is 1.50 bits per heavy atom. The van der Waals surface area contributed by atoms with Crippen LogP contribution in [0.25, 0.3) is 0 Å². The van der Waals surface area contributed by atoms with Crippen LogP contribution in [-0.2, 0) is 11.2 Å². The third-order valence-electron chi connectivity index (χ3n) is 3.36. The third kappa shape index (κ3) is 4.08. The van der Waals surface area contributed by atoms with Gasteiger partial charge in [-0.15, -0.1) is 11.3 Å². The molecule has 2 nitrogen and oxygen atoms in total. The summed E-state index contributed by atoms with van der Waals surface area (Å²) in [7, 11) is 0. The molecule has 102 valence electrons. The predicted octanol–water partition coefficient (Wildman–Crippen LogP) is 3.78. The first kappa shape index (κ1) is 14.0. The number of thiophene rings is 1. The van der Waals surface area contributed by atoms with Crippen LogP contribution >= 0.6 is 11.3 Å². The number of ether oxygens (including phenoxy) is 1. The Hall–Kier alpha value is -0.380. The Morgan fingerprint density at radius 3 is 3.22 bits per heavy atom. The largest absolute Gasteiger partial charge is 0.381 e. The summed E-state index contributed by atoms with van der Waals surface area (Å²) in [5, 5.41) is 5.91. The summed E-state index contributed by atoms with van der Waals surface area (Å²) in [5.74, 6) is 0.643. The van der Waals surface area contributed by atoms with Crippen molar-refractivity contribution in [1.29, 1.82) is 0 Å². The zero-order valence-electron chi connectivity index (χ0n) is 11.6. The molecular weight excluding hydrogens is 242 g/mol. The molecular formula is C15H25NOS. The molecule has 1 unspecified atom stereocenters. The SMILES string of the molecule is CC(C)COCCCNC1CCCc2sccc21. The Morgan fingerprint density at radius 2 is 2.39 bits per heavy atom. The van der Waals surface area contributed by atoms with Crippen molar-refractivity contribution in [3.8, 4) is 0 Å². The highest BCUT2D eigenvalue weighted by atomic mass is 32.1. The number of hydrogen-bond donors (Lipinski definition) is 1. The molecule has 1 aliphatic rings. The summed E-state index contributed by atoms with van der Waals surface area (Å²) in [6, 6.07) is 2.89. The van der Waals surface area contributed by atoms with Gasteiger partial charge in [0.2, 0.25) is 0 Å². The molecule has 0 bridgehead atoms. The van der Waals surface area contributed by atoms with E-state index in [9.17, 15) is 0 Å². The predicted molar refractivity (Wildman–Crippen MR) is 78.3 cm³/mol. The van der Waals surface area contributed by atoms with Gasteiger partial charge in [0, 0.05) is 24.1 Å². The van der Waals surface area contributed by atoms with E-state index in [0.717, 1.165) is 26.2 Å². The number of rotatable bonds is 7. The van der Waals surface area contributed by atoms with E-state index >= 15 is 0 Å². The van der Waals surface area contributed by atoms with Crippen molar-refractivity contribution in [2.45, 2.75) is 45.6 Å². The summed E-state index contributed by atoms with van der Waals surface area (Å²) in [5.41, 5.74) is 1.55. The van der Waals surface area contributed by atoms with Crippen LogP contribution in [0.4, 0.5) is 0 Å². The van der Waals surface area contributed by atoms with Gasteiger partial charge < -0.3 is 10.1 Å². The van der Waals surface area contributed by atoms with Crippen LogP contribution in [-0.4, -0.2) is 19.8 Å². The van der Waals surface area contributed by atoms with Crippen LogP contribution in [0.2, 0.25) is 0 Å². The lowest BCUT2D eigenvalue weighted by atomic mass is 9.94. The molecule has 0 aliphatic heterocycles. The summed E-state index contributed by atoms with van der Waals surface area (Å²) < 4.78 is 5.60. The molecule has 1 N–H and O–H groups in total. The lowest BCUT2D eigenvalue weighted by Crippen LogP contribution is -2.26.